The Morgan fingerprint density at radius 3 is 2.65 bits per heavy atom. The summed E-state index contributed by atoms with van der Waals surface area (Å²) in [5.41, 5.74) is 0. The Hall–Kier alpha value is -1.36. The number of hydrogen-bond donors (Lipinski definition) is 2. The van der Waals surface area contributed by atoms with E-state index in [1.165, 1.54) is 11.3 Å². The molecule has 0 bridgehead atoms. The molecule has 4 nitrogen and oxygen atoms in total. The lowest BCUT2D eigenvalue weighted by molar-refractivity contribution is -0.120. The minimum Gasteiger partial charge on any atom is -0.355 e. The second kappa shape index (κ2) is 7.06. The molecule has 0 aromatic carbocycles. The molecule has 0 saturated carbocycles. The third kappa shape index (κ3) is 4.99. The van der Waals surface area contributed by atoms with E-state index in [1.54, 1.807) is 6.07 Å². The predicted molar refractivity (Wildman–Crippen MR) is 69.3 cm³/mol. The van der Waals surface area contributed by atoms with Crippen LogP contribution < -0.4 is 10.6 Å². The van der Waals surface area contributed by atoms with Crippen molar-refractivity contribution in [3.05, 3.63) is 21.9 Å². The van der Waals surface area contributed by atoms with Crippen molar-refractivity contribution in [3.8, 4) is 0 Å². The summed E-state index contributed by atoms with van der Waals surface area (Å²) in [4.78, 5) is 24.7. The highest BCUT2D eigenvalue weighted by Crippen LogP contribution is 2.14. The maximum Gasteiger partial charge on any atom is 0.261 e. The van der Waals surface area contributed by atoms with E-state index in [0.717, 1.165) is 17.7 Å². The van der Waals surface area contributed by atoms with Gasteiger partial charge in [-0.2, -0.15) is 0 Å². The van der Waals surface area contributed by atoms with Crippen LogP contribution in [0.25, 0.3) is 0 Å². The van der Waals surface area contributed by atoms with Gasteiger partial charge in [0, 0.05) is 11.4 Å². The molecule has 1 aromatic rings. The van der Waals surface area contributed by atoms with Gasteiger partial charge >= 0.3 is 0 Å². The molecule has 0 aliphatic heterocycles. The molecule has 5 heteroatoms. The maximum atomic E-state index is 11.6. The zero-order valence-electron chi connectivity index (χ0n) is 10.2. The molecule has 1 aromatic heterocycles. The molecule has 0 atom stereocenters. The first kappa shape index (κ1) is 13.7. The first-order valence-corrected chi connectivity index (χ1v) is 6.56. The monoisotopic (exact) mass is 254 g/mol. The number of carbonyl (C=O) groups excluding carboxylic acids is 2. The highest BCUT2D eigenvalue weighted by molar-refractivity contribution is 7.13. The van der Waals surface area contributed by atoms with E-state index in [0.29, 0.717) is 11.4 Å². The third-order valence-electron chi connectivity index (χ3n) is 2.23. The molecule has 0 saturated heterocycles. The summed E-state index contributed by atoms with van der Waals surface area (Å²) < 4.78 is 0. The van der Waals surface area contributed by atoms with E-state index >= 15 is 0 Å². The van der Waals surface area contributed by atoms with Gasteiger partial charge in [-0.1, -0.05) is 13.3 Å². The largest absolute Gasteiger partial charge is 0.355 e. The van der Waals surface area contributed by atoms with E-state index < -0.39 is 0 Å². The zero-order chi connectivity index (χ0) is 12.7. The van der Waals surface area contributed by atoms with Crippen LogP contribution in [0.15, 0.2) is 12.1 Å². The van der Waals surface area contributed by atoms with E-state index in [2.05, 4.69) is 17.6 Å². The average Bonchev–Trinajstić information content (AvgIpc) is 2.73. The highest BCUT2D eigenvalue weighted by atomic mass is 32.1. The molecule has 0 aliphatic carbocycles. The van der Waals surface area contributed by atoms with Crippen LogP contribution >= 0.6 is 11.3 Å². The average molecular weight is 254 g/mol. The van der Waals surface area contributed by atoms with Crippen LogP contribution in [0.5, 0.6) is 0 Å². The molecule has 0 radical (unpaired) electrons. The summed E-state index contributed by atoms with van der Waals surface area (Å²) in [6.07, 6.45) is 2.00. The molecule has 1 rings (SSSR count). The fourth-order valence-electron chi connectivity index (χ4n) is 1.27. The van der Waals surface area contributed by atoms with Gasteiger partial charge in [0.1, 0.15) is 0 Å². The first-order valence-electron chi connectivity index (χ1n) is 5.74. The van der Waals surface area contributed by atoms with Crippen molar-refractivity contribution >= 4 is 23.2 Å². The summed E-state index contributed by atoms with van der Waals surface area (Å²) >= 11 is 1.43. The zero-order valence-corrected chi connectivity index (χ0v) is 11.0. The quantitative estimate of drug-likeness (QED) is 0.759. The number of unbranched alkanes of at least 4 members (excludes halogenated alkanes) is 1. The Kier molecular flexibility index (Phi) is 5.69. The van der Waals surface area contributed by atoms with Crippen LogP contribution in [0.4, 0.5) is 0 Å². The molecule has 2 amide bonds. The number of aryl methyl sites for hydroxylation is 1. The molecule has 0 unspecified atom stereocenters. The lowest BCUT2D eigenvalue weighted by atomic mass is 10.3. The van der Waals surface area contributed by atoms with Crippen LogP contribution in [-0.2, 0) is 4.79 Å². The van der Waals surface area contributed by atoms with Crippen LogP contribution in [0.3, 0.4) is 0 Å². The number of nitrogens with one attached hydrogen (secondary N) is 2. The van der Waals surface area contributed by atoms with Crippen molar-refractivity contribution in [3.63, 3.8) is 0 Å². The van der Waals surface area contributed by atoms with Crippen LogP contribution in [-0.4, -0.2) is 24.9 Å². The topological polar surface area (TPSA) is 58.2 Å². The van der Waals surface area contributed by atoms with Crippen LogP contribution in [0, 0.1) is 6.92 Å². The second-order valence-electron chi connectivity index (χ2n) is 3.80. The normalized spacial score (nSPS) is 10.0. The van der Waals surface area contributed by atoms with Crippen molar-refractivity contribution in [2.75, 3.05) is 13.1 Å². The van der Waals surface area contributed by atoms with E-state index in [9.17, 15) is 9.59 Å². The van der Waals surface area contributed by atoms with Gasteiger partial charge in [0.15, 0.2) is 0 Å². The van der Waals surface area contributed by atoms with Gasteiger partial charge in [-0.05, 0) is 25.5 Å². The number of hydrogen-bond acceptors (Lipinski definition) is 3. The maximum absolute atomic E-state index is 11.6. The van der Waals surface area contributed by atoms with Crippen molar-refractivity contribution in [2.24, 2.45) is 0 Å². The van der Waals surface area contributed by atoms with Crippen molar-refractivity contribution in [1.82, 2.24) is 10.6 Å². The predicted octanol–water partition coefficient (Wildman–Crippen LogP) is 1.70. The van der Waals surface area contributed by atoms with Crippen LogP contribution in [0.2, 0.25) is 0 Å². The highest BCUT2D eigenvalue weighted by Gasteiger charge is 2.09. The Morgan fingerprint density at radius 2 is 2.06 bits per heavy atom. The Bertz CT molecular complexity index is 388. The van der Waals surface area contributed by atoms with E-state index in [4.69, 9.17) is 0 Å². The Balaban J connectivity index is 2.26. The molecule has 17 heavy (non-hydrogen) atoms. The van der Waals surface area contributed by atoms with Gasteiger partial charge in [0.25, 0.3) is 5.91 Å². The number of carbonyl (C=O) groups is 2. The molecule has 2 N–H and O–H groups in total. The standard InChI is InChI=1S/C12H18N2O2S/c1-3-4-7-13-11(15)8-14-12(16)10-6-5-9(2)17-10/h5-6H,3-4,7-8H2,1-2H3,(H,13,15)(H,14,16). The van der Waals surface area contributed by atoms with Crippen molar-refractivity contribution in [1.29, 1.82) is 0 Å². The summed E-state index contributed by atoms with van der Waals surface area (Å²) in [5.74, 6) is -0.325. The second-order valence-corrected chi connectivity index (χ2v) is 5.08. The third-order valence-corrected chi connectivity index (χ3v) is 3.23. The Morgan fingerprint density at radius 1 is 1.29 bits per heavy atom. The summed E-state index contributed by atoms with van der Waals surface area (Å²) in [6.45, 7) is 4.72. The molecule has 1 heterocycles. The molecule has 0 fully saturated rings. The number of amides is 2. The smallest absolute Gasteiger partial charge is 0.261 e. The van der Waals surface area contributed by atoms with Gasteiger partial charge in [0.2, 0.25) is 5.91 Å². The van der Waals surface area contributed by atoms with E-state index in [1.807, 2.05) is 13.0 Å². The summed E-state index contributed by atoms with van der Waals surface area (Å²) in [5, 5.41) is 5.34. The Labute approximate surface area is 105 Å². The van der Waals surface area contributed by atoms with Gasteiger partial charge < -0.3 is 10.6 Å². The van der Waals surface area contributed by atoms with Crippen LogP contribution in [0.1, 0.15) is 34.3 Å². The minimum atomic E-state index is -0.186. The molecule has 94 valence electrons. The molecular weight excluding hydrogens is 236 g/mol. The lowest BCUT2D eigenvalue weighted by Gasteiger charge is -2.05. The molecule has 0 aliphatic rings. The SMILES string of the molecule is CCCCNC(=O)CNC(=O)c1ccc(C)s1. The van der Waals surface area contributed by atoms with Gasteiger partial charge in [-0.15, -0.1) is 11.3 Å². The van der Waals surface area contributed by atoms with Crippen molar-refractivity contribution in [2.45, 2.75) is 26.7 Å². The van der Waals surface area contributed by atoms with Gasteiger partial charge in [-0.25, -0.2) is 0 Å². The first-order chi connectivity index (χ1) is 8.13. The fraction of sp³-hybridized carbons (Fsp3) is 0.500. The summed E-state index contributed by atoms with van der Waals surface area (Å²) in [6, 6.07) is 3.66. The van der Waals surface area contributed by atoms with E-state index in [-0.39, 0.29) is 18.4 Å². The van der Waals surface area contributed by atoms with Gasteiger partial charge in [0.05, 0.1) is 11.4 Å². The lowest BCUT2D eigenvalue weighted by Crippen LogP contribution is -2.37. The number of thiophene rings is 1. The minimum absolute atomic E-state index is 0.0412. The van der Waals surface area contributed by atoms with Crippen molar-refractivity contribution < 1.29 is 9.59 Å². The summed E-state index contributed by atoms with van der Waals surface area (Å²) in [7, 11) is 0. The number of rotatable bonds is 6. The van der Waals surface area contributed by atoms with Gasteiger partial charge in [-0.3, -0.25) is 9.59 Å². The molecular formula is C12H18N2O2S. The fourth-order valence-corrected chi connectivity index (χ4v) is 2.06. The molecule has 0 spiro atoms.